The fourth-order valence-corrected chi connectivity index (χ4v) is 2.06. The van der Waals surface area contributed by atoms with Crippen LogP contribution in [0.1, 0.15) is 51.0 Å². The van der Waals surface area contributed by atoms with Gasteiger partial charge in [0.2, 0.25) is 5.89 Å². The van der Waals surface area contributed by atoms with E-state index in [1.165, 1.54) is 0 Å². The second kappa shape index (κ2) is 7.00. The van der Waals surface area contributed by atoms with E-state index in [4.69, 9.17) is 14.0 Å². The molecule has 1 aromatic carbocycles. The molecule has 0 spiro atoms. The molecule has 1 N–H and O–H groups in total. The number of ether oxygens (including phenoxy) is 2. The molecule has 1 aromatic heterocycles. The van der Waals surface area contributed by atoms with Gasteiger partial charge in [-0.25, -0.2) is 0 Å². The van der Waals surface area contributed by atoms with Crippen molar-refractivity contribution in [2.75, 3.05) is 14.2 Å². The molecule has 0 aliphatic rings. The number of nitrogens with one attached hydrogen (secondary N) is 1. The third-order valence-electron chi connectivity index (χ3n) is 3.54. The Hall–Kier alpha value is -2.08. The predicted molar refractivity (Wildman–Crippen MR) is 87.8 cm³/mol. The lowest BCUT2D eigenvalue weighted by molar-refractivity contribution is 0.330. The molecule has 0 amide bonds. The first-order valence-electron chi connectivity index (χ1n) is 7.63. The Balaban J connectivity index is 2.01. The van der Waals surface area contributed by atoms with E-state index in [2.05, 4.69) is 36.2 Å². The highest BCUT2D eigenvalue weighted by Crippen LogP contribution is 2.27. The third kappa shape index (κ3) is 4.22. The Bertz CT molecular complexity index is 647. The highest BCUT2D eigenvalue weighted by Gasteiger charge is 2.22. The summed E-state index contributed by atoms with van der Waals surface area (Å²) in [6.07, 6.45) is 0. The topological polar surface area (TPSA) is 69.4 Å². The van der Waals surface area contributed by atoms with Crippen LogP contribution in [0.4, 0.5) is 0 Å². The third-order valence-corrected chi connectivity index (χ3v) is 3.54. The fourth-order valence-electron chi connectivity index (χ4n) is 2.06. The van der Waals surface area contributed by atoms with Crippen molar-refractivity contribution in [2.45, 2.75) is 45.7 Å². The van der Waals surface area contributed by atoms with Crippen LogP contribution in [0.2, 0.25) is 0 Å². The van der Waals surface area contributed by atoms with Gasteiger partial charge in [0.1, 0.15) is 0 Å². The van der Waals surface area contributed by atoms with Crippen LogP contribution in [0, 0.1) is 0 Å². The van der Waals surface area contributed by atoms with Crippen LogP contribution < -0.4 is 14.8 Å². The standard InChI is InChI=1S/C17H25N3O3/c1-11(15-19-16(20-23-15)17(2,3)4)18-10-12-7-8-13(21-5)14(9-12)22-6/h7-9,11,18H,10H2,1-6H3. The molecule has 23 heavy (non-hydrogen) atoms. The zero-order chi connectivity index (χ0) is 17.0. The largest absolute Gasteiger partial charge is 0.493 e. The molecule has 0 fully saturated rings. The number of benzene rings is 1. The Morgan fingerprint density at radius 1 is 1.17 bits per heavy atom. The van der Waals surface area contributed by atoms with E-state index in [1.54, 1.807) is 14.2 Å². The van der Waals surface area contributed by atoms with E-state index >= 15 is 0 Å². The summed E-state index contributed by atoms with van der Waals surface area (Å²) in [7, 11) is 3.25. The fraction of sp³-hybridized carbons (Fsp3) is 0.529. The molecule has 0 bridgehead atoms. The maximum Gasteiger partial charge on any atom is 0.243 e. The number of aromatic nitrogens is 2. The SMILES string of the molecule is COc1ccc(CNC(C)c2nc(C(C)(C)C)no2)cc1OC. The number of methoxy groups -OCH3 is 2. The summed E-state index contributed by atoms with van der Waals surface area (Å²) in [6, 6.07) is 5.81. The lowest BCUT2D eigenvalue weighted by Gasteiger charge is -2.13. The highest BCUT2D eigenvalue weighted by molar-refractivity contribution is 5.42. The van der Waals surface area contributed by atoms with Gasteiger partial charge in [0.15, 0.2) is 17.3 Å². The van der Waals surface area contributed by atoms with Crippen molar-refractivity contribution >= 4 is 0 Å². The minimum Gasteiger partial charge on any atom is -0.493 e. The van der Waals surface area contributed by atoms with Gasteiger partial charge in [-0.15, -0.1) is 0 Å². The summed E-state index contributed by atoms with van der Waals surface area (Å²) >= 11 is 0. The molecule has 0 aliphatic carbocycles. The summed E-state index contributed by atoms with van der Waals surface area (Å²) in [5.74, 6) is 2.74. The molecule has 1 unspecified atom stereocenters. The molecule has 0 saturated heterocycles. The molecule has 0 aliphatic heterocycles. The van der Waals surface area contributed by atoms with Gasteiger partial charge in [0.05, 0.1) is 20.3 Å². The van der Waals surface area contributed by atoms with Crippen molar-refractivity contribution < 1.29 is 14.0 Å². The van der Waals surface area contributed by atoms with E-state index in [0.29, 0.717) is 24.0 Å². The van der Waals surface area contributed by atoms with Crippen molar-refractivity contribution in [2.24, 2.45) is 0 Å². The molecule has 6 heteroatoms. The number of rotatable bonds is 6. The van der Waals surface area contributed by atoms with Crippen LogP contribution in [0.5, 0.6) is 11.5 Å². The Morgan fingerprint density at radius 3 is 2.43 bits per heavy atom. The average Bonchev–Trinajstić information content (AvgIpc) is 3.02. The molecule has 6 nitrogen and oxygen atoms in total. The molecule has 2 rings (SSSR count). The Morgan fingerprint density at radius 2 is 1.87 bits per heavy atom. The quantitative estimate of drug-likeness (QED) is 0.881. The average molecular weight is 319 g/mol. The summed E-state index contributed by atoms with van der Waals surface area (Å²) in [5.41, 5.74) is 0.968. The predicted octanol–water partition coefficient (Wildman–Crippen LogP) is 3.24. The van der Waals surface area contributed by atoms with Crippen LogP contribution in [0.15, 0.2) is 22.7 Å². The van der Waals surface area contributed by atoms with E-state index in [0.717, 1.165) is 11.3 Å². The molecule has 1 atom stereocenters. The van der Waals surface area contributed by atoms with Crippen molar-refractivity contribution in [1.29, 1.82) is 0 Å². The monoisotopic (exact) mass is 319 g/mol. The van der Waals surface area contributed by atoms with Gasteiger partial charge < -0.3 is 19.3 Å². The van der Waals surface area contributed by atoms with Crippen molar-refractivity contribution in [1.82, 2.24) is 15.5 Å². The molecule has 2 aromatic rings. The Labute approximate surface area is 137 Å². The zero-order valence-corrected chi connectivity index (χ0v) is 14.6. The van der Waals surface area contributed by atoms with Gasteiger partial charge >= 0.3 is 0 Å². The lowest BCUT2D eigenvalue weighted by Crippen LogP contribution is -2.19. The summed E-state index contributed by atoms with van der Waals surface area (Å²) in [4.78, 5) is 4.47. The molecule has 0 saturated carbocycles. The van der Waals surface area contributed by atoms with Gasteiger partial charge in [-0.3, -0.25) is 0 Å². The van der Waals surface area contributed by atoms with Crippen LogP contribution in [-0.2, 0) is 12.0 Å². The molecular formula is C17H25N3O3. The number of hydrogen-bond acceptors (Lipinski definition) is 6. The van der Waals surface area contributed by atoms with Crippen LogP contribution in [0.25, 0.3) is 0 Å². The first-order chi connectivity index (χ1) is 10.8. The second-order valence-electron chi connectivity index (χ2n) is 6.50. The summed E-state index contributed by atoms with van der Waals surface area (Å²) < 4.78 is 15.9. The van der Waals surface area contributed by atoms with Crippen LogP contribution >= 0.6 is 0 Å². The minimum absolute atomic E-state index is 0.0355. The van der Waals surface area contributed by atoms with Gasteiger partial charge in [-0.1, -0.05) is 32.0 Å². The second-order valence-corrected chi connectivity index (χ2v) is 6.50. The van der Waals surface area contributed by atoms with Gasteiger partial charge in [0.25, 0.3) is 0 Å². The van der Waals surface area contributed by atoms with Crippen LogP contribution in [-0.4, -0.2) is 24.4 Å². The molecule has 126 valence electrons. The smallest absolute Gasteiger partial charge is 0.243 e. The van der Waals surface area contributed by atoms with E-state index < -0.39 is 0 Å². The summed E-state index contributed by atoms with van der Waals surface area (Å²) in [6.45, 7) is 8.84. The summed E-state index contributed by atoms with van der Waals surface area (Å²) in [5, 5.41) is 7.43. The molecular weight excluding hydrogens is 294 g/mol. The van der Waals surface area contributed by atoms with Crippen molar-refractivity contribution in [3.05, 3.63) is 35.5 Å². The van der Waals surface area contributed by atoms with Crippen molar-refractivity contribution in [3.63, 3.8) is 0 Å². The van der Waals surface area contributed by atoms with Crippen molar-refractivity contribution in [3.8, 4) is 11.5 Å². The number of nitrogens with zero attached hydrogens (tertiary/aromatic N) is 2. The van der Waals surface area contributed by atoms with E-state index in [9.17, 15) is 0 Å². The molecule has 0 radical (unpaired) electrons. The lowest BCUT2D eigenvalue weighted by atomic mass is 9.96. The maximum atomic E-state index is 5.35. The normalized spacial score (nSPS) is 13.0. The van der Waals surface area contributed by atoms with Crippen LogP contribution in [0.3, 0.4) is 0 Å². The first-order valence-corrected chi connectivity index (χ1v) is 7.63. The Kier molecular flexibility index (Phi) is 5.26. The van der Waals surface area contributed by atoms with E-state index in [1.807, 2.05) is 25.1 Å². The maximum absolute atomic E-state index is 5.35. The van der Waals surface area contributed by atoms with Gasteiger partial charge in [0, 0.05) is 12.0 Å². The van der Waals surface area contributed by atoms with E-state index in [-0.39, 0.29) is 11.5 Å². The van der Waals surface area contributed by atoms with Gasteiger partial charge in [-0.05, 0) is 24.6 Å². The zero-order valence-electron chi connectivity index (χ0n) is 14.6. The number of hydrogen-bond donors (Lipinski definition) is 1. The minimum atomic E-state index is -0.120. The molecule has 1 heterocycles. The first kappa shape index (κ1) is 17.3. The van der Waals surface area contributed by atoms with Gasteiger partial charge in [-0.2, -0.15) is 4.98 Å². The highest BCUT2D eigenvalue weighted by atomic mass is 16.5.